The number of carbonyl (C=O) groups excluding carboxylic acids is 2. The summed E-state index contributed by atoms with van der Waals surface area (Å²) in [6.45, 7) is 2.41. The average molecular weight is 474 g/mol. The first-order valence-electron chi connectivity index (χ1n) is 10.8. The molecule has 0 saturated carbocycles. The number of benzene rings is 2. The molecule has 1 saturated heterocycles. The third-order valence-electron chi connectivity index (χ3n) is 5.61. The third-order valence-corrected chi connectivity index (χ3v) is 5.61. The maximum absolute atomic E-state index is 12.9. The van der Waals surface area contributed by atoms with Crippen LogP contribution in [-0.4, -0.2) is 89.9 Å². The van der Waals surface area contributed by atoms with Crippen LogP contribution in [0.3, 0.4) is 0 Å². The maximum Gasteiger partial charge on any atom is 0.254 e. The fourth-order valence-corrected chi connectivity index (χ4v) is 3.82. The van der Waals surface area contributed by atoms with Crippen molar-refractivity contribution in [1.29, 1.82) is 0 Å². The van der Waals surface area contributed by atoms with Crippen molar-refractivity contribution in [1.82, 2.24) is 9.80 Å². The Kier molecular flexibility index (Phi) is 8.42. The minimum Gasteiger partial charge on any atom is -0.493 e. The second-order valence-electron chi connectivity index (χ2n) is 7.60. The smallest absolute Gasteiger partial charge is 0.254 e. The molecule has 184 valence electrons. The highest BCUT2D eigenvalue weighted by molar-refractivity contribution is 5.95. The Balaban J connectivity index is 1.56. The van der Waals surface area contributed by atoms with Crippen molar-refractivity contribution in [2.24, 2.45) is 0 Å². The number of methoxy groups -OCH3 is 5. The first-order valence-corrected chi connectivity index (χ1v) is 10.8. The Labute approximate surface area is 199 Å². The molecule has 1 heterocycles. The SMILES string of the molecule is COc1ccc(C(=O)N2CCN(CC(=O)Nc3cc(OC)c(OC)c(OC)c3)CC2)cc1OC. The van der Waals surface area contributed by atoms with Crippen molar-refractivity contribution in [2.45, 2.75) is 0 Å². The van der Waals surface area contributed by atoms with E-state index >= 15 is 0 Å². The monoisotopic (exact) mass is 473 g/mol. The van der Waals surface area contributed by atoms with Gasteiger partial charge in [-0.3, -0.25) is 14.5 Å². The van der Waals surface area contributed by atoms with E-state index in [1.165, 1.54) is 28.4 Å². The van der Waals surface area contributed by atoms with Crippen molar-refractivity contribution in [3.63, 3.8) is 0 Å². The summed E-state index contributed by atoms with van der Waals surface area (Å²) in [5.41, 5.74) is 1.08. The van der Waals surface area contributed by atoms with Crippen LogP contribution in [0.1, 0.15) is 10.4 Å². The first kappa shape index (κ1) is 25.0. The summed E-state index contributed by atoms with van der Waals surface area (Å²) in [6.07, 6.45) is 0. The summed E-state index contributed by atoms with van der Waals surface area (Å²) in [5.74, 6) is 2.20. The minimum atomic E-state index is -0.172. The van der Waals surface area contributed by atoms with E-state index in [2.05, 4.69) is 5.32 Å². The lowest BCUT2D eigenvalue weighted by Gasteiger charge is -2.34. The van der Waals surface area contributed by atoms with Gasteiger partial charge in [0.15, 0.2) is 23.0 Å². The zero-order valence-corrected chi connectivity index (χ0v) is 20.2. The molecule has 0 bridgehead atoms. The van der Waals surface area contributed by atoms with Gasteiger partial charge in [-0.25, -0.2) is 0 Å². The van der Waals surface area contributed by atoms with Crippen LogP contribution >= 0.6 is 0 Å². The Morgan fingerprint density at radius 3 is 1.88 bits per heavy atom. The number of anilines is 1. The molecule has 2 aromatic rings. The summed E-state index contributed by atoms with van der Waals surface area (Å²) in [7, 11) is 7.65. The summed E-state index contributed by atoms with van der Waals surface area (Å²) in [6, 6.07) is 8.48. The second-order valence-corrected chi connectivity index (χ2v) is 7.60. The number of amides is 2. The molecule has 34 heavy (non-hydrogen) atoms. The summed E-state index contributed by atoms with van der Waals surface area (Å²) in [4.78, 5) is 29.3. The summed E-state index contributed by atoms with van der Waals surface area (Å²) in [5, 5.41) is 2.87. The predicted octanol–water partition coefficient (Wildman–Crippen LogP) is 2.13. The fraction of sp³-hybridized carbons (Fsp3) is 0.417. The van der Waals surface area contributed by atoms with Crippen molar-refractivity contribution >= 4 is 17.5 Å². The highest BCUT2D eigenvalue weighted by atomic mass is 16.5. The lowest BCUT2D eigenvalue weighted by atomic mass is 10.1. The number of hydrogen-bond acceptors (Lipinski definition) is 8. The predicted molar refractivity (Wildman–Crippen MR) is 127 cm³/mol. The minimum absolute atomic E-state index is 0.0810. The molecule has 0 aliphatic carbocycles. The molecule has 0 radical (unpaired) electrons. The highest BCUT2D eigenvalue weighted by Crippen LogP contribution is 2.39. The van der Waals surface area contributed by atoms with Crippen molar-refractivity contribution in [3.05, 3.63) is 35.9 Å². The molecule has 0 atom stereocenters. The molecular formula is C24H31N3O7. The largest absolute Gasteiger partial charge is 0.493 e. The number of carbonyl (C=O) groups is 2. The van der Waals surface area contributed by atoms with Crippen LogP contribution in [0.2, 0.25) is 0 Å². The highest BCUT2D eigenvalue weighted by Gasteiger charge is 2.24. The van der Waals surface area contributed by atoms with E-state index < -0.39 is 0 Å². The third kappa shape index (κ3) is 5.63. The first-order chi connectivity index (χ1) is 16.4. The molecule has 10 nitrogen and oxygen atoms in total. The van der Waals surface area contributed by atoms with Gasteiger partial charge >= 0.3 is 0 Å². The molecule has 0 unspecified atom stereocenters. The lowest BCUT2D eigenvalue weighted by molar-refractivity contribution is -0.117. The van der Waals surface area contributed by atoms with E-state index in [1.807, 2.05) is 4.90 Å². The standard InChI is InChI=1S/C24H31N3O7/c1-30-18-7-6-16(12-19(18)31-2)24(29)27-10-8-26(9-11-27)15-22(28)25-17-13-20(32-3)23(34-5)21(14-17)33-4/h6-7,12-14H,8-11,15H2,1-5H3,(H,25,28). The fourth-order valence-electron chi connectivity index (χ4n) is 3.82. The lowest BCUT2D eigenvalue weighted by Crippen LogP contribution is -2.50. The topological polar surface area (TPSA) is 98.8 Å². The maximum atomic E-state index is 12.9. The molecule has 1 aliphatic heterocycles. The molecule has 0 aromatic heterocycles. The van der Waals surface area contributed by atoms with Crippen LogP contribution in [-0.2, 0) is 4.79 Å². The van der Waals surface area contributed by atoms with Crippen LogP contribution in [0.25, 0.3) is 0 Å². The van der Waals surface area contributed by atoms with Crippen molar-refractivity contribution < 1.29 is 33.3 Å². The number of hydrogen-bond donors (Lipinski definition) is 1. The van der Waals surface area contributed by atoms with Crippen LogP contribution in [0.15, 0.2) is 30.3 Å². The average Bonchev–Trinajstić information content (AvgIpc) is 2.87. The van der Waals surface area contributed by atoms with E-state index in [-0.39, 0.29) is 18.4 Å². The molecule has 1 fully saturated rings. The van der Waals surface area contributed by atoms with Gasteiger partial charge in [0.2, 0.25) is 11.7 Å². The van der Waals surface area contributed by atoms with Gasteiger partial charge in [-0.2, -0.15) is 0 Å². The zero-order chi connectivity index (χ0) is 24.7. The van der Waals surface area contributed by atoms with Crippen molar-refractivity contribution in [2.75, 3.05) is 73.6 Å². The van der Waals surface area contributed by atoms with E-state index in [0.717, 1.165) is 0 Å². The van der Waals surface area contributed by atoms with E-state index in [0.29, 0.717) is 66.2 Å². The normalized spacial score (nSPS) is 13.7. The Bertz CT molecular complexity index is 995. The summed E-state index contributed by atoms with van der Waals surface area (Å²) >= 11 is 0. The second kappa shape index (κ2) is 11.5. The molecule has 3 rings (SSSR count). The number of nitrogens with zero attached hydrogens (tertiary/aromatic N) is 2. The van der Waals surface area contributed by atoms with Gasteiger partial charge < -0.3 is 33.9 Å². The van der Waals surface area contributed by atoms with E-state index in [1.54, 1.807) is 42.3 Å². The quantitative estimate of drug-likeness (QED) is 0.592. The van der Waals surface area contributed by atoms with Crippen LogP contribution < -0.4 is 29.0 Å². The number of rotatable bonds is 9. The van der Waals surface area contributed by atoms with Gasteiger partial charge in [0.1, 0.15) is 0 Å². The summed E-state index contributed by atoms with van der Waals surface area (Å²) < 4.78 is 26.5. The molecule has 1 aliphatic rings. The molecular weight excluding hydrogens is 442 g/mol. The van der Waals surface area contributed by atoms with Gasteiger partial charge in [0.05, 0.1) is 42.1 Å². The van der Waals surface area contributed by atoms with Gasteiger partial charge in [-0.1, -0.05) is 0 Å². The van der Waals surface area contributed by atoms with Crippen molar-refractivity contribution in [3.8, 4) is 28.7 Å². The van der Waals surface area contributed by atoms with Crippen LogP contribution in [0.4, 0.5) is 5.69 Å². The van der Waals surface area contributed by atoms with Gasteiger partial charge in [-0.05, 0) is 18.2 Å². The molecule has 1 N–H and O–H groups in total. The van der Waals surface area contributed by atoms with Gasteiger partial charge in [0.25, 0.3) is 5.91 Å². The number of ether oxygens (including phenoxy) is 5. The Hall–Kier alpha value is -3.66. The number of nitrogens with one attached hydrogen (secondary N) is 1. The van der Waals surface area contributed by atoms with Crippen LogP contribution in [0, 0.1) is 0 Å². The zero-order valence-electron chi connectivity index (χ0n) is 20.2. The molecule has 10 heteroatoms. The molecule has 2 amide bonds. The Morgan fingerprint density at radius 1 is 0.765 bits per heavy atom. The van der Waals surface area contributed by atoms with E-state index in [9.17, 15) is 9.59 Å². The Morgan fingerprint density at radius 2 is 1.35 bits per heavy atom. The molecule has 0 spiro atoms. The molecule has 2 aromatic carbocycles. The van der Waals surface area contributed by atoms with Gasteiger partial charge in [-0.15, -0.1) is 0 Å². The van der Waals surface area contributed by atoms with Gasteiger partial charge in [0, 0.05) is 49.6 Å². The van der Waals surface area contributed by atoms with Crippen LogP contribution in [0.5, 0.6) is 28.7 Å². The number of piperazine rings is 1. The van der Waals surface area contributed by atoms with E-state index in [4.69, 9.17) is 23.7 Å².